The zero-order chi connectivity index (χ0) is 15.7. The summed E-state index contributed by atoms with van der Waals surface area (Å²) >= 11 is 0. The van der Waals surface area contributed by atoms with Crippen LogP contribution in [0.4, 0.5) is 5.69 Å². The highest BCUT2D eigenvalue weighted by atomic mass is 16.5. The number of hydrogen-bond donors (Lipinski definition) is 1. The zero-order valence-corrected chi connectivity index (χ0v) is 12.8. The summed E-state index contributed by atoms with van der Waals surface area (Å²) in [5.41, 5.74) is 9.19. The van der Waals surface area contributed by atoms with Crippen molar-refractivity contribution >= 4 is 11.3 Å². The molecule has 2 heterocycles. The summed E-state index contributed by atoms with van der Waals surface area (Å²) < 4.78 is 12.8. The second-order valence-electron chi connectivity index (χ2n) is 4.99. The van der Waals surface area contributed by atoms with E-state index in [1.165, 1.54) is 0 Å². The van der Waals surface area contributed by atoms with E-state index in [-0.39, 0.29) is 0 Å². The fourth-order valence-corrected chi connectivity index (χ4v) is 2.44. The van der Waals surface area contributed by atoms with Crippen LogP contribution < -0.4 is 15.2 Å². The Balaban J connectivity index is 2.15. The molecule has 0 radical (unpaired) electrons. The van der Waals surface area contributed by atoms with Crippen LogP contribution in [-0.2, 0) is 0 Å². The Kier molecular flexibility index (Phi) is 3.58. The first-order chi connectivity index (χ1) is 10.6. The first-order valence-corrected chi connectivity index (χ1v) is 7.06. The van der Waals surface area contributed by atoms with E-state index in [4.69, 9.17) is 15.2 Å². The van der Waals surface area contributed by atoms with Crippen LogP contribution in [0.5, 0.6) is 11.5 Å². The number of pyridine rings is 1. The molecule has 0 fully saturated rings. The SMILES string of the molecule is CCOc1ccc(-c2nnc3c(N)cc(C)cn23)cc1OC. The van der Waals surface area contributed by atoms with E-state index in [0.29, 0.717) is 35.3 Å². The number of nitrogens with zero attached hydrogens (tertiary/aromatic N) is 3. The van der Waals surface area contributed by atoms with Gasteiger partial charge in [0.25, 0.3) is 0 Å². The number of aromatic nitrogens is 3. The smallest absolute Gasteiger partial charge is 0.184 e. The van der Waals surface area contributed by atoms with E-state index >= 15 is 0 Å². The van der Waals surface area contributed by atoms with E-state index in [1.54, 1.807) is 7.11 Å². The van der Waals surface area contributed by atoms with Crippen molar-refractivity contribution < 1.29 is 9.47 Å². The van der Waals surface area contributed by atoms with Gasteiger partial charge in [-0.05, 0) is 43.7 Å². The van der Waals surface area contributed by atoms with Gasteiger partial charge in [-0.3, -0.25) is 4.40 Å². The maximum Gasteiger partial charge on any atom is 0.184 e. The topological polar surface area (TPSA) is 74.7 Å². The van der Waals surface area contributed by atoms with Crippen LogP contribution in [0.25, 0.3) is 17.0 Å². The lowest BCUT2D eigenvalue weighted by atomic mass is 10.2. The van der Waals surface area contributed by atoms with Gasteiger partial charge in [-0.25, -0.2) is 0 Å². The molecule has 22 heavy (non-hydrogen) atoms. The Morgan fingerprint density at radius 2 is 2.00 bits per heavy atom. The van der Waals surface area contributed by atoms with Crippen molar-refractivity contribution in [1.29, 1.82) is 0 Å². The number of anilines is 1. The van der Waals surface area contributed by atoms with Crippen molar-refractivity contribution in [3.8, 4) is 22.9 Å². The van der Waals surface area contributed by atoms with Crippen molar-refractivity contribution in [3.05, 3.63) is 36.0 Å². The molecule has 0 aliphatic rings. The number of ether oxygens (including phenoxy) is 2. The second kappa shape index (κ2) is 5.55. The molecule has 1 aromatic carbocycles. The van der Waals surface area contributed by atoms with Crippen LogP contribution in [0.2, 0.25) is 0 Å². The van der Waals surface area contributed by atoms with E-state index in [0.717, 1.165) is 11.1 Å². The number of aryl methyl sites for hydroxylation is 1. The number of rotatable bonds is 4. The number of hydrogen-bond acceptors (Lipinski definition) is 5. The van der Waals surface area contributed by atoms with Gasteiger partial charge in [0.05, 0.1) is 19.4 Å². The first kappa shape index (κ1) is 14.2. The van der Waals surface area contributed by atoms with Crippen LogP contribution in [0.15, 0.2) is 30.5 Å². The quantitative estimate of drug-likeness (QED) is 0.801. The van der Waals surface area contributed by atoms with E-state index < -0.39 is 0 Å². The van der Waals surface area contributed by atoms with Crippen molar-refractivity contribution in [2.45, 2.75) is 13.8 Å². The summed E-state index contributed by atoms with van der Waals surface area (Å²) in [7, 11) is 1.62. The Bertz CT molecular complexity index is 826. The van der Waals surface area contributed by atoms with Gasteiger partial charge in [-0.2, -0.15) is 0 Å². The molecule has 114 valence electrons. The van der Waals surface area contributed by atoms with Crippen molar-refractivity contribution in [2.75, 3.05) is 19.5 Å². The molecular formula is C16H18N4O2. The molecule has 0 saturated heterocycles. The minimum absolute atomic E-state index is 0.583. The Morgan fingerprint density at radius 1 is 1.18 bits per heavy atom. The molecule has 0 amide bonds. The van der Waals surface area contributed by atoms with Gasteiger partial charge in [0.1, 0.15) is 0 Å². The lowest BCUT2D eigenvalue weighted by Gasteiger charge is -2.10. The number of benzene rings is 1. The third-order valence-electron chi connectivity index (χ3n) is 3.39. The molecule has 3 rings (SSSR count). The Labute approximate surface area is 128 Å². The molecule has 0 spiro atoms. The van der Waals surface area contributed by atoms with Crippen LogP contribution in [-0.4, -0.2) is 28.3 Å². The molecule has 2 aromatic heterocycles. The van der Waals surface area contributed by atoms with Crippen molar-refractivity contribution in [2.24, 2.45) is 0 Å². The minimum atomic E-state index is 0.583. The average molecular weight is 298 g/mol. The maximum absolute atomic E-state index is 6.00. The summed E-state index contributed by atoms with van der Waals surface area (Å²) in [6, 6.07) is 7.58. The molecule has 2 N–H and O–H groups in total. The van der Waals surface area contributed by atoms with Gasteiger partial charge in [0.2, 0.25) is 0 Å². The number of nitrogen functional groups attached to an aromatic ring is 1. The summed E-state index contributed by atoms with van der Waals surface area (Å²) in [5.74, 6) is 2.08. The largest absolute Gasteiger partial charge is 0.493 e. The fraction of sp³-hybridized carbons (Fsp3) is 0.250. The average Bonchev–Trinajstić information content (AvgIpc) is 2.92. The zero-order valence-electron chi connectivity index (χ0n) is 12.8. The summed E-state index contributed by atoms with van der Waals surface area (Å²) in [6.07, 6.45) is 1.96. The van der Waals surface area contributed by atoms with Gasteiger partial charge < -0.3 is 15.2 Å². The molecular weight excluding hydrogens is 280 g/mol. The highest BCUT2D eigenvalue weighted by Gasteiger charge is 2.13. The van der Waals surface area contributed by atoms with Gasteiger partial charge in [-0.1, -0.05) is 0 Å². The van der Waals surface area contributed by atoms with E-state index in [9.17, 15) is 0 Å². The van der Waals surface area contributed by atoms with Crippen LogP contribution in [0.1, 0.15) is 12.5 Å². The molecule has 6 heteroatoms. The molecule has 3 aromatic rings. The Morgan fingerprint density at radius 3 is 2.73 bits per heavy atom. The third kappa shape index (κ3) is 2.32. The van der Waals surface area contributed by atoms with Crippen molar-refractivity contribution in [1.82, 2.24) is 14.6 Å². The molecule has 6 nitrogen and oxygen atoms in total. The molecule has 0 saturated carbocycles. The standard InChI is InChI=1S/C16H18N4O2/c1-4-22-13-6-5-11(8-14(13)21-3)15-18-19-16-12(17)7-10(2)9-20(15)16/h5-9H,4,17H2,1-3H3. The van der Waals surface area contributed by atoms with Gasteiger partial charge in [-0.15, -0.1) is 10.2 Å². The highest BCUT2D eigenvalue weighted by Crippen LogP contribution is 2.32. The van der Waals surface area contributed by atoms with Crippen LogP contribution in [0, 0.1) is 6.92 Å². The predicted molar refractivity (Wildman–Crippen MR) is 85.3 cm³/mol. The number of methoxy groups -OCH3 is 1. The van der Waals surface area contributed by atoms with Crippen LogP contribution >= 0.6 is 0 Å². The normalized spacial score (nSPS) is 10.9. The van der Waals surface area contributed by atoms with Crippen molar-refractivity contribution in [3.63, 3.8) is 0 Å². The highest BCUT2D eigenvalue weighted by molar-refractivity contribution is 5.71. The molecule has 0 unspecified atom stereocenters. The molecule has 0 atom stereocenters. The van der Waals surface area contributed by atoms with Gasteiger partial charge in [0.15, 0.2) is 23.0 Å². The van der Waals surface area contributed by atoms with E-state index in [1.807, 2.05) is 48.7 Å². The van der Waals surface area contributed by atoms with E-state index in [2.05, 4.69) is 10.2 Å². The summed E-state index contributed by atoms with van der Waals surface area (Å²) in [4.78, 5) is 0. The third-order valence-corrected chi connectivity index (χ3v) is 3.39. The predicted octanol–water partition coefficient (Wildman–Crippen LogP) is 2.69. The molecule has 0 bridgehead atoms. The lowest BCUT2D eigenvalue weighted by molar-refractivity contribution is 0.311. The fourth-order valence-electron chi connectivity index (χ4n) is 2.44. The second-order valence-corrected chi connectivity index (χ2v) is 4.99. The Hall–Kier alpha value is -2.76. The summed E-state index contributed by atoms with van der Waals surface area (Å²) in [5, 5.41) is 8.42. The molecule has 0 aliphatic carbocycles. The van der Waals surface area contributed by atoms with Gasteiger partial charge >= 0.3 is 0 Å². The number of fused-ring (bicyclic) bond motifs is 1. The monoisotopic (exact) mass is 298 g/mol. The van der Waals surface area contributed by atoms with Crippen LogP contribution in [0.3, 0.4) is 0 Å². The minimum Gasteiger partial charge on any atom is -0.493 e. The first-order valence-electron chi connectivity index (χ1n) is 7.06. The van der Waals surface area contributed by atoms with Gasteiger partial charge in [0, 0.05) is 11.8 Å². The maximum atomic E-state index is 6.00. The number of nitrogens with two attached hydrogens (primary N) is 1. The summed E-state index contributed by atoms with van der Waals surface area (Å²) in [6.45, 7) is 4.50. The molecule has 0 aliphatic heterocycles. The lowest BCUT2D eigenvalue weighted by Crippen LogP contribution is -1.98.